The Hall–Kier alpha value is -1.51. The molecule has 0 aromatic heterocycles. The Kier molecular flexibility index (Phi) is 2.90. The monoisotopic (exact) mass is 180 g/mol. The van der Waals surface area contributed by atoms with Gasteiger partial charge in [-0.1, -0.05) is 12.2 Å². The van der Waals surface area contributed by atoms with Crippen molar-refractivity contribution in [1.82, 2.24) is 0 Å². The molecule has 0 aliphatic carbocycles. The van der Waals surface area contributed by atoms with Crippen LogP contribution in [0, 0.1) is 5.82 Å². The van der Waals surface area contributed by atoms with Crippen molar-refractivity contribution in [3.63, 3.8) is 0 Å². The Bertz CT molecular complexity index is 321. The smallest absolute Gasteiger partial charge is 0.125 e. The number of anilines is 2. The van der Waals surface area contributed by atoms with Crippen LogP contribution in [0.25, 0.3) is 0 Å². The third-order valence-corrected chi connectivity index (χ3v) is 1.59. The van der Waals surface area contributed by atoms with Gasteiger partial charge in [-0.25, -0.2) is 4.39 Å². The second-order valence-corrected chi connectivity index (χ2v) is 3.04. The zero-order chi connectivity index (χ0) is 9.84. The van der Waals surface area contributed by atoms with Gasteiger partial charge in [0.25, 0.3) is 0 Å². The van der Waals surface area contributed by atoms with E-state index in [9.17, 15) is 4.39 Å². The van der Waals surface area contributed by atoms with Crippen LogP contribution in [0.2, 0.25) is 0 Å². The molecule has 0 saturated carbocycles. The quantitative estimate of drug-likeness (QED) is 0.553. The Labute approximate surface area is 77.3 Å². The van der Waals surface area contributed by atoms with Crippen molar-refractivity contribution < 1.29 is 4.39 Å². The molecule has 3 heteroatoms. The normalized spacial score (nSPS) is 9.69. The molecule has 0 aliphatic rings. The molecule has 0 spiro atoms. The van der Waals surface area contributed by atoms with Gasteiger partial charge in [-0.05, 0) is 25.1 Å². The summed E-state index contributed by atoms with van der Waals surface area (Å²) in [6.45, 7) is 6.30. The molecule has 0 atom stereocenters. The van der Waals surface area contributed by atoms with Crippen LogP contribution in [0.15, 0.2) is 30.4 Å². The molecule has 70 valence electrons. The van der Waals surface area contributed by atoms with Crippen LogP contribution >= 0.6 is 0 Å². The van der Waals surface area contributed by atoms with Gasteiger partial charge in [0.15, 0.2) is 0 Å². The first kappa shape index (κ1) is 9.58. The third-order valence-electron chi connectivity index (χ3n) is 1.59. The first-order chi connectivity index (χ1) is 6.09. The lowest BCUT2D eigenvalue weighted by atomic mass is 10.2. The summed E-state index contributed by atoms with van der Waals surface area (Å²) in [4.78, 5) is 0. The largest absolute Gasteiger partial charge is 0.397 e. The number of hydrogen-bond donors (Lipinski definition) is 2. The highest BCUT2D eigenvalue weighted by Gasteiger charge is 1.99. The predicted molar refractivity (Wildman–Crippen MR) is 54.1 cm³/mol. The molecule has 13 heavy (non-hydrogen) atoms. The Balaban J connectivity index is 2.72. The number of nitrogens with one attached hydrogen (secondary N) is 1. The summed E-state index contributed by atoms with van der Waals surface area (Å²) >= 11 is 0. The summed E-state index contributed by atoms with van der Waals surface area (Å²) in [6.07, 6.45) is 0. The minimum Gasteiger partial charge on any atom is -0.397 e. The van der Waals surface area contributed by atoms with Crippen molar-refractivity contribution in [1.29, 1.82) is 0 Å². The van der Waals surface area contributed by atoms with Crippen molar-refractivity contribution in [2.75, 3.05) is 17.6 Å². The van der Waals surface area contributed by atoms with Crippen molar-refractivity contribution in [2.45, 2.75) is 6.92 Å². The van der Waals surface area contributed by atoms with E-state index in [2.05, 4.69) is 11.9 Å². The van der Waals surface area contributed by atoms with E-state index in [0.29, 0.717) is 12.2 Å². The van der Waals surface area contributed by atoms with Gasteiger partial charge in [-0.3, -0.25) is 0 Å². The molecule has 0 fully saturated rings. The van der Waals surface area contributed by atoms with Gasteiger partial charge in [-0.2, -0.15) is 0 Å². The van der Waals surface area contributed by atoms with Gasteiger partial charge < -0.3 is 11.1 Å². The average molecular weight is 180 g/mol. The van der Waals surface area contributed by atoms with Crippen molar-refractivity contribution >= 4 is 11.4 Å². The van der Waals surface area contributed by atoms with Crippen LogP contribution in [0.5, 0.6) is 0 Å². The second kappa shape index (κ2) is 3.94. The van der Waals surface area contributed by atoms with Crippen LogP contribution < -0.4 is 11.1 Å². The summed E-state index contributed by atoms with van der Waals surface area (Å²) in [5.41, 5.74) is 7.74. The predicted octanol–water partition coefficient (Wildman–Crippen LogP) is 2.40. The Morgan fingerprint density at radius 3 is 2.85 bits per heavy atom. The van der Waals surface area contributed by atoms with Crippen LogP contribution in [-0.2, 0) is 0 Å². The van der Waals surface area contributed by atoms with Gasteiger partial charge in [0.2, 0.25) is 0 Å². The molecular formula is C10H13FN2. The maximum absolute atomic E-state index is 12.6. The van der Waals surface area contributed by atoms with Crippen LogP contribution in [0.4, 0.5) is 15.8 Å². The number of rotatable bonds is 3. The molecule has 1 aromatic carbocycles. The highest BCUT2D eigenvalue weighted by molar-refractivity contribution is 5.66. The molecule has 0 bridgehead atoms. The molecule has 2 nitrogen and oxygen atoms in total. The lowest BCUT2D eigenvalue weighted by molar-refractivity contribution is 0.628. The van der Waals surface area contributed by atoms with Gasteiger partial charge in [0.05, 0.1) is 11.4 Å². The Morgan fingerprint density at radius 1 is 1.62 bits per heavy atom. The van der Waals surface area contributed by atoms with E-state index in [1.807, 2.05) is 6.92 Å². The molecule has 0 heterocycles. The average Bonchev–Trinajstić information content (AvgIpc) is 2.02. The number of benzene rings is 1. The highest BCUT2D eigenvalue weighted by Crippen LogP contribution is 2.18. The lowest BCUT2D eigenvalue weighted by Crippen LogP contribution is -2.04. The first-order valence-corrected chi connectivity index (χ1v) is 4.03. The second-order valence-electron chi connectivity index (χ2n) is 3.04. The van der Waals surface area contributed by atoms with Crippen molar-refractivity contribution in [3.05, 3.63) is 36.2 Å². The van der Waals surface area contributed by atoms with Gasteiger partial charge in [0.1, 0.15) is 5.82 Å². The summed E-state index contributed by atoms with van der Waals surface area (Å²) in [5.74, 6) is -0.321. The summed E-state index contributed by atoms with van der Waals surface area (Å²) < 4.78 is 12.6. The minimum absolute atomic E-state index is 0.321. The maximum atomic E-state index is 12.6. The topological polar surface area (TPSA) is 38.0 Å². The van der Waals surface area contributed by atoms with E-state index < -0.39 is 0 Å². The number of nitrogens with two attached hydrogens (primary N) is 1. The fraction of sp³-hybridized carbons (Fsp3) is 0.200. The molecule has 0 aliphatic heterocycles. The van der Waals surface area contributed by atoms with Crippen LogP contribution in [0.3, 0.4) is 0 Å². The summed E-state index contributed by atoms with van der Waals surface area (Å²) in [5, 5.41) is 3.05. The first-order valence-electron chi connectivity index (χ1n) is 4.03. The molecule has 0 saturated heterocycles. The van der Waals surface area contributed by atoms with Gasteiger partial charge in [0, 0.05) is 6.54 Å². The molecule has 1 rings (SSSR count). The van der Waals surface area contributed by atoms with Crippen molar-refractivity contribution in [3.8, 4) is 0 Å². The standard InChI is InChI=1S/C10H13FN2/c1-7(2)6-13-10-4-3-8(11)5-9(10)12/h3-5,13H,1,6,12H2,2H3. The van der Waals surface area contributed by atoms with E-state index in [4.69, 9.17) is 5.73 Å². The van der Waals surface area contributed by atoms with Crippen LogP contribution in [-0.4, -0.2) is 6.54 Å². The zero-order valence-electron chi connectivity index (χ0n) is 7.60. The Morgan fingerprint density at radius 2 is 2.31 bits per heavy atom. The molecule has 0 amide bonds. The number of hydrogen-bond acceptors (Lipinski definition) is 2. The zero-order valence-corrected chi connectivity index (χ0v) is 7.60. The maximum Gasteiger partial charge on any atom is 0.125 e. The third kappa shape index (κ3) is 2.78. The molecular weight excluding hydrogens is 167 g/mol. The number of nitrogen functional groups attached to an aromatic ring is 1. The highest BCUT2D eigenvalue weighted by atomic mass is 19.1. The summed E-state index contributed by atoms with van der Waals surface area (Å²) in [7, 11) is 0. The van der Waals surface area contributed by atoms with Gasteiger partial charge in [-0.15, -0.1) is 0 Å². The summed E-state index contributed by atoms with van der Waals surface area (Å²) in [6, 6.07) is 4.28. The van der Waals surface area contributed by atoms with E-state index in [1.54, 1.807) is 6.07 Å². The van der Waals surface area contributed by atoms with Gasteiger partial charge >= 0.3 is 0 Å². The SMILES string of the molecule is C=C(C)CNc1ccc(F)cc1N. The minimum atomic E-state index is -0.321. The fourth-order valence-electron chi connectivity index (χ4n) is 0.941. The molecule has 3 N–H and O–H groups in total. The molecule has 0 radical (unpaired) electrons. The lowest BCUT2D eigenvalue weighted by Gasteiger charge is -2.08. The van der Waals surface area contributed by atoms with E-state index in [0.717, 1.165) is 11.3 Å². The van der Waals surface area contributed by atoms with Crippen LogP contribution in [0.1, 0.15) is 6.92 Å². The van der Waals surface area contributed by atoms with E-state index in [-0.39, 0.29) is 5.82 Å². The molecule has 0 unspecified atom stereocenters. The van der Waals surface area contributed by atoms with E-state index >= 15 is 0 Å². The number of halogens is 1. The van der Waals surface area contributed by atoms with Crippen molar-refractivity contribution in [2.24, 2.45) is 0 Å². The van der Waals surface area contributed by atoms with E-state index in [1.165, 1.54) is 12.1 Å². The molecule has 1 aromatic rings. The fourth-order valence-corrected chi connectivity index (χ4v) is 0.941.